The Hall–Kier alpha value is -3.15. The molecule has 3 aromatic rings. The molecule has 0 unspecified atom stereocenters. The number of nitrogens with one attached hydrogen (secondary N) is 1. The Morgan fingerprint density at radius 2 is 1.81 bits per heavy atom. The molecule has 1 saturated heterocycles. The van der Waals surface area contributed by atoms with Crippen LogP contribution in [0.3, 0.4) is 0 Å². The van der Waals surface area contributed by atoms with Crippen molar-refractivity contribution in [1.29, 1.82) is 0 Å². The van der Waals surface area contributed by atoms with Crippen molar-refractivity contribution in [3.8, 4) is 11.5 Å². The van der Waals surface area contributed by atoms with Gasteiger partial charge in [0, 0.05) is 0 Å². The molecule has 0 bridgehead atoms. The number of carbonyl (C=O) groups excluding carboxylic acids is 3. The van der Waals surface area contributed by atoms with E-state index in [2.05, 4.69) is 5.32 Å². The third-order valence-corrected chi connectivity index (χ3v) is 6.67. The van der Waals surface area contributed by atoms with Crippen molar-refractivity contribution in [1.82, 2.24) is 5.32 Å². The number of amides is 4. The number of anilines is 1. The summed E-state index contributed by atoms with van der Waals surface area (Å²) in [7, 11) is 1.45. The highest BCUT2D eigenvalue weighted by molar-refractivity contribution is 14.1. The number of methoxy groups -OCH3 is 1. The van der Waals surface area contributed by atoms with Gasteiger partial charge in [0.2, 0.25) is 0 Å². The first-order chi connectivity index (χ1) is 17.2. The van der Waals surface area contributed by atoms with E-state index in [4.69, 9.17) is 32.7 Å². The van der Waals surface area contributed by atoms with E-state index in [0.29, 0.717) is 35.6 Å². The van der Waals surface area contributed by atoms with Crippen LogP contribution < -0.4 is 19.7 Å². The van der Waals surface area contributed by atoms with Gasteiger partial charge in [-0.15, -0.1) is 0 Å². The monoisotopic (exact) mass is 640 g/mol. The molecule has 11 heteroatoms. The molecule has 36 heavy (non-hydrogen) atoms. The minimum atomic E-state index is -1.04. The average molecular weight is 641 g/mol. The summed E-state index contributed by atoms with van der Waals surface area (Å²) in [5.74, 6) is -1.85. The van der Waals surface area contributed by atoms with Crippen LogP contribution in [0.1, 0.15) is 11.1 Å². The fourth-order valence-electron chi connectivity index (χ4n) is 3.42. The maximum atomic E-state index is 14.3. The zero-order chi connectivity index (χ0) is 26.0. The summed E-state index contributed by atoms with van der Waals surface area (Å²) in [5, 5.41) is 2.91. The molecule has 1 aliphatic rings. The summed E-state index contributed by atoms with van der Waals surface area (Å²) >= 11 is 14.1. The van der Waals surface area contributed by atoms with Gasteiger partial charge in [-0.05, 0) is 76.2 Å². The van der Waals surface area contributed by atoms with Crippen molar-refractivity contribution in [2.75, 3.05) is 12.0 Å². The van der Waals surface area contributed by atoms with Crippen LogP contribution in [0.2, 0.25) is 10.0 Å². The lowest BCUT2D eigenvalue weighted by molar-refractivity contribution is -0.122. The third-order valence-electron chi connectivity index (χ3n) is 5.12. The van der Waals surface area contributed by atoms with Gasteiger partial charge in [-0.25, -0.2) is 14.1 Å². The van der Waals surface area contributed by atoms with Crippen LogP contribution in [-0.2, 0) is 16.2 Å². The molecule has 0 spiro atoms. The van der Waals surface area contributed by atoms with Crippen LogP contribution in [0.25, 0.3) is 6.08 Å². The van der Waals surface area contributed by atoms with Crippen LogP contribution in [0, 0.1) is 9.39 Å². The first-order valence-electron chi connectivity index (χ1n) is 10.3. The second kappa shape index (κ2) is 10.9. The van der Waals surface area contributed by atoms with Gasteiger partial charge in [-0.1, -0.05) is 41.4 Å². The Kier molecular flexibility index (Phi) is 7.82. The molecule has 0 aliphatic carbocycles. The average Bonchev–Trinajstić information content (AvgIpc) is 2.84. The summed E-state index contributed by atoms with van der Waals surface area (Å²) in [4.78, 5) is 38.4. The predicted octanol–water partition coefficient (Wildman–Crippen LogP) is 5.99. The van der Waals surface area contributed by atoms with Crippen LogP contribution in [0.15, 0.2) is 60.2 Å². The maximum absolute atomic E-state index is 14.3. The number of para-hydroxylation sites is 1. The second-order valence-electron chi connectivity index (χ2n) is 7.48. The number of benzene rings is 3. The second-order valence-corrected chi connectivity index (χ2v) is 9.46. The molecule has 0 saturated carbocycles. The largest absolute Gasteiger partial charge is 0.493 e. The number of hydrogen-bond donors (Lipinski definition) is 1. The van der Waals surface area contributed by atoms with Crippen molar-refractivity contribution in [3.05, 3.63) is 90.7 Å². The Balaban J connectivity index is 1.64. The molecule has 1 heterocycles. The van der Waals surface area contributed by atoms with E-state index in [1.165, 1.54) is 31.4 Å². The van der Waals surface area contributed by atoms with Gasteiger partial charge in [-0.2, -0.15) is 0 Å². The number of urea groups is 1. The van der Waals surface area contributed by atoms with Gasteiger partial charge in [0.1, 0.15) is 18.0 Å². The lowest BCUT2D eigenvalue weighted by Crippen LogP contribution is -2.54. The summed E-state index contributed by atoms with van der Waals surface area (Å²) < 4.78 is 26.3. The molecule has 1 fully saturated rings. The first-order valence-corrected chi connectivity index (χ1v) is 12.1. The summed E-state index contributed by atoms with van der Waals surface area (Å²) in [5.41, 5.74) is 0.604. The van der Waals surface area contributed by atoms with Gasteiger partial charge in [0.25, 0.3) is 11.8 Å². The number of halogens is 4. The highest BCUT2D eigenvalue weighted by Gasteiger charge is 2.38. The number of rotatable bonds is 6. The smallest absolute Gasteiger partial charge is 0.336 e. The van der Waals surface area contributed by atoms with E-state index in [-0.39, 0.29) is 17.9 Å². The molecule has 184 valence electrons. The summed E-state index contributed by atoms with van der Waals surface area (Å²) in [6.07, 6.45) is 1.30. The summed E-state index contributed by atoms with van der Waals surface area (Å²) in [6.45, 7) is 0.185. The van der Waals surface area contributed by atoms with Crippen molar-refractivity contribution in [2.24, 2.45) is 0 Å². The van der Waals surface area contributed by atoms with Crippen LogP contribution in [-0.4, -0.2) is 25.0 Å². The quantitative estimate of drug-likeness (QED) is 0.203. The number of carbonyl (C=O) groups is 3. The molecule has 7 nitrogen and oxygen atoms in total. The molecular weight excluding hydrogens is 625 g/mol. The molecule has 0 radical (unpaired) electrons. The fourth-order valence-corrected chi connectivity index (χ4v) is 4.53. The first kappa shape index (κ1) is 25.9. The molecule has 4 rings (SSSR count). The minimum Gasteiger partial charge on any atom is -0.493 e. The predicted molar refractivity (Wildman–Crippen MR) is 142 cm³/mol. The number of hydrogen-bond acceptors (Lipinski definition) is 5. The SMILES string of the molecule is COc1cc(/C=C2/C(=O)NC(=O)N(c3ccccc3F)C2=O)cc(I)c1OCc1ccc(Cl)c(Cl)c1. The number of nitrogens with zero attached hydrogens (tertiary/aromatic N) is 1. The highest BCUT2D eigenvalue weighted by Crippen LogP contribution is 2.36. The van der Waals surface area contributed by atoms with E-state index in [1.54, 1.807) is 30.3 Å². The standard InChI is InChI=1S/C25H16Cl2FIN2O5/c1-35-21-11-14(10-19(29)22(21)36-12-13-6-7-16(26)17(27)9-13)8-15-23(32)30-25(34)31(24(15)33)20-5-3-2-4-18(20)28/h2-11H,12H2,1H3,(H,30,32,34)/b15-8-. The van der Waals surface area contributed by atoms with Crippen LogP contribution in [0.5, 0.6) is 11.5 Å². The molecule has 1 aliphatic heterocycles. The molecular formula is C25H16Cl2FIN2O5. The van der Waals surface area contributed by atoms with Crippen molar-refractivity contribution in [3.63, 3.8) is 0 Å². The number of barbiturate groups is 1. The molecule has 1 N–H and O–H groups in total. The topological polar surface area (TPSA) is 84.9 Å². The number of ether oxygens (including phenoxy) is 2. The molecule has 4 amide bonds. The third kappa shape index (κ3) is 5.32. The van der Waals surface area contributed by atoms with Gasteiger partial charge < -0.3 is 9.47 Å². The van der Waals surface area contributed by atoms with Gasteiger partial charge in [0.15, 0.2) is 11.5 Å². The van der Waals surface area contributed by atoms with E-state index >= 15 is 0 Å². The lowest BCUT2D eigenvalue weighted by Gasteiger charge is -2.26. The van der Waals surface area contributed by atoms with Crippen LogP contribution >= 0.6 is 45.8 Å². The normalized spacial score (nSPS) is 14.8. The zero-order valence-electron chi connectivity index (χ0n) is 18.5. The highest BCUT2D eigenvalue weighted by atomic mass is 127. The number of imide groups is 2. The van der Waals surface area contributed by atoms with Crippen molar-refractivity contribution in [2.45, 2.75) is 6.61 Å². The Bertz CT molecular complexity index is 1430. The molecule has 3 aromatic carbocycles. The molecule has 0 atom stereocenters. The maximum Gasteiger partial charge on any atom is 0.336 e. The zero-order valence-corrected chi connectivity index (χ0v) is 22.2. The Morgan fingerprint density at radius 3 is 2.50 bits per heavy atom. The fraction of sp³-hybridized carbons (Fsp3) is 0.0800. The van der Waals surface area contributed by atoms with E-state index in [1.807, 2.05) is 22.6 Å². The van der Waals surface area contributed by atoms with Gasteiger partial charge in [0.05, 0.1) is 26.4 Å². The van der Waals surface area contributed by atoms with E-state index in [0.717, 1.165) is 11.6 Å². The summed E-state index contributed by atoms with van der Waals surface area (Å²) in [6, 6.07) is 12.6. The Labute approximate surface area is 228 Å². The Morgan fingerprint density at radius 1 is 1.06 bits per heavy atom. The van der Waals surface area contributed by atoms with Crippen molar-refractivity contribution < 1.29 is 28.2 Å². The van der Waals surface area contributed by atoms with Crippen LogP contribution in [0.4, 0.5) is 14.9 Å². The van der Waals surface area contributed by atoms with E-state index < -0.39 is 23.7 Å². The van der Waals surface area contributed by atoms with Gasteiger partial charge >= 0.3 is 6.03 Å². The van der Waals surface area contributed by atoms with E-state index in [9.17, 15) is 18.8 Å². The minimum absolute atomic E-state index is 0.185. The lowest BCUT2D eigenvalue weighted by atomic mass is 10.1. The van der Waals surface area contributed by atoms with Gasteiger partial charge in [-0.3, -0.25) is 14.9 Å². The van der Waals surface area contributed by atoms with Crippen molar-refractivity contribution >= 4 is 75.4 Å². The molecule has 0 aromatic heterocycles.